The van der Waals surface area contributed by atoms with Crippen molar-refractivity contribution in [2.75, 3.05) is 11.9 Å². The van der Waals surface area contributed by atoms with Crippen LogP contribution in [0.3, 0.4) is 0 Å². The van der Waals surface area contributed by atoms with Gasteiger partial charge < -0.3 is 14.8 Å². The highest BCUT2D eigenvalue weighted by molar-refractivity contribution is 5.92. The lowest BCUT2D eigenvalue weighted by molar-refractivity contribution is -0.124. The summed E-state index contributed by atoms with van der Waals surface area (Å²) in [7, 11) is 0. The van der Waals surface area contributed by atoms with Gasteiger partial charge in [0.1, 0.15) is 5.60 Å². The molecule has 26 heavy (non-hydrogen) atoms. The Bertz CT molecular complexity index is 620. The van der Waals surface area contributed by atoms with Gasteiger partial charge >= 0.3 is 12.1 Å². The molecule has 1 aromatic carbocycles. The average Bonchev–Trinajstić information content (AvgIpc) is 2.51. The molecule has 0 spiro atoms. The Hall–Kier alpha value is -2.57. The standard InChI is InChI=1S/C19H28N2O5/c1-6-7-13(2)20-16(22)12-25-17(23)14-8-10-15(11-9-14)21-18(24)26-19(3,4)5/h8-11,13H,6-7,12H2,1-5H3,(H,20,22)(H,21,24)/t13-/m0/s1. The fourth-order valence-electron chi connectivity index (χ4n) is 2.15. The first-order valence-corrected chi connectivity index (χ1v) is 8.67. The molecule has 0 saturated carbocycles. The number of benzene rings is 1. The van der Waals surface area contributed by atoms with E-state index in [1.807, 2.05) is 13.8 Å². The molecule has 0 saturated heterocycles. The monoisotopic (exact) mass is 364 g/mol. The number of esters is 1. The molecular formula is C19H28N2O5. The first-order valence-electron chi connectivity index (χ1n) is 8.67. The zero-order chi connectivity index (χ0) is 19.7. The molecule has 0 unspecified atom stereocenters. The van der Waals surface area contributed by atoms with Crippen LogP contribution in [0.4, 0.5) is 10.5 Å². The predicted octanol–water partition coefficient (Wildman–Crippen LogP) is 3.50. The second-order valence-electron chi connectivity index (χ2n) is 7.04. The summed E-state index contributed by atoms with van der Waals surface area (Å²) < 4.78 is 10.1. The molecule has 0 aliphatic rings. The van der Waals surface area contributed by atoms with E-state index in [0.29, 0.717) is 5.69 Å². The molecule has 1 aromatic rings. The molecule has 7 heteroatoms. The Labute approximate surface area is 154 Å². The molecule has 2 amide bonds. The minimum atomic E-state index is -0.605. The summed E-state index contributed by atoms with van der Waals surface area (Å²) in [5, 5.41) is 5.33. The normalized spacial score (nSPS) is 12.0. The van der Waals surface area contributed by atoms with Gasteiger partial charge in [-0.05, 0) is 58.4 Å². The van der Waals surface area contributed by atoms with Gasteiger partial charge in [0.15, 0.2) is 6.61 Å². The maximum absolute atomic E-state index is 12.0. The summed E-state index contributed by atoms with van der Waals surface area (Å²) in [5.41, 5.74) is 0.180. The summed E-state index contributed by atoms with van der Waals surface area (Å²) in [4.78, 5) is 35.4. The number of nitrogens with one attached hydrogen (secondary N) is 2. The van der Waals surface area contributed by atoms with Crippen LogP contribution in [0.25, 0.3) is 0 Å². The summed E-state index contributed by atoms with van der Waals surface area (Å²) in [6.45, 7) is 8.91. The summed E-state index contributed by atoms with van der Waals surface area (Å²) >= 11 is 0. The second kappa shape index (κ2) is 9.79. The predicted molar refractivity (Wildman–Crippen MR) is 99.1 cm³/mol. The first kappa shape index (κ1) is 21.5. The number of rotatable bonds is 7. The summed E-state index contributed by atoms with van der Waals surface area (Å²) in [6, 6.07) is 6.18. The van der Waals surface area contributed by atoms with E-state index in [4.69, 9.17) is 9.47 Å². The Balaban J connectivity index is 2.48. The Kier molecular flexibility index (Phi) is 8.09. The van der Waals surface area contributed by atoms with Gasteiger partial charge in [-0.25, -0.2) is 9.59 Å². The van der Waals surface area contributed by atoms with Gasteiger partial charge in [0, 0.05) is 11.7 Å². The summed E-state index contributed by atoms with van der Waals surface area (Å²) in [6.07, 6.45) is 1.25. The average molecular weight is 364 g/mol. The summed E-state index contributed by atoms with van der Waals surface area (Å²) in [5.74, 6) is -0.936. The van der Waals surface area contributed by atoms with Crippen LogP contribution in [0, 0.1) is 0 Å². The van der Waals surface area contributed by atoms with Crippen molar-refractivity contribution in [2.24, 2.45) is 0 Å². The van der Waals surface area contributed by atoms with Gasteiger partial charge in [0.25, 0.3) is 5.91 Å². The number of hydrogen-bond acceptors (Lipinski definition) is 5. The number of carbonyl (C=O) groups excluding carboxylic acids is 3. The minimum absolute atomic E-state index is 0.0458. The molecular weight excluding hydrogens is 336 g/mol. The van der Waals surface area contributed by atoms with Crippen molar-refractivity contribution in [3.63, 3.8) is 0 Å². The smallest absolute Gasteiger partial charge is 0.412 e. The highest BCUT2D eigenvalue weighted by Crippen LogP contribution is 2.13. The van der Waals surface area contributed by atoms with Gasteiger partial charge in [-0.2, -0.15) is 0 Å². The highest BCUT2D eigenvalue weighted by Gasteiger charge is 2.16. The van der Waals surface area contributed by atoms with Crippen molar-refractivity contribution in [2.45, 2.75) is 59.1 Å². The van der Waals surface area contributed by atoms with Crippen LogP contribution in [0.15, 0.2) is 24.3 Å². The molecule has 144 valence electrons. The third-order valence-electron chi connectivity index (χ3n) is 3.23. The molecule has 7 nitrogen and oxygen atoms in total. The van der Waals surface area contributed by atoms with E-state index >= 15 is 0 Å². The van der Waals surface area contributed by atoms with Crippen LogP contribution in [0.2, 0.25) is 0 Å². The Morgan fingerprint density at radius 2 is 1.73 bits per heavy atom. The molecule has 2 N–H and O–H groups in total. The third-order valence-corrected chi connectivity index (χ3v) is 3.23. The van der Waals surface area contributed by atoms with E-state index in [9.17, 15) is 14.4 Å². The topological polar surface area (TPSA) is 93.7 Å². The van der Waals surface area contributed by atoms with E-state index in [1.54, 1.807) is 32.9 Å². The quantitative estimate of drug-likeness (QED) is 0.722. The molecule has 0 aliphatic carbocycles. The van der Waals surface area contributed by atoms with Crippen molar-refractivity contribution in [1.29, 1.82) is 0 Å². The molecule has 1 rings (SSSR count). The fourth-order valence-corrected chi connectivity index (χ4v) is 2.15. The molecule has 1 atom stereocenters. The van der Waals surface area contributed by atoms with E-state index in [-0.39, 0.29) is 24.1 Å². The highest BCUT2D eigenvalue weighted by atomic mass is 16.6. The molecule has 0 bridgehead atoms. The van der Waals surface area contributed by atoms with Crippen LogP contribution in [-0.4, -0.2) is 36.2 Å². The van der Waals surface area contributed by atoms with Gasteiger partial charge in [-0.1, -0.05) is 13.3 Å². The number of carbonyl (C=O) groups is 3. The van der Waals surface area contributed by atoms with Crippen LogP contribution in [0.5, 0.6) is 0 Å². The third kappa shape index (κ3) is 8.50. The molecule has 0 heterocycles. The second-order valence-corrected chi connectivity index (χ2v) is 7.04. The zero-order valence-corrected chi connectivity index (χ0v) is 16.0. The molecule has 0 fully saturated rings. The van der Waals surface area contributed by atoms with Crippen LogP contribution in [0.1, 0.15) is 57.8 Å². The zero-order valence-electron chi connectivity index (χ0n) is 16.0. The maximum atomic E-state index is 12.0. The van der Waals surface area contributed by atoms with Crippen LogP contribution >= 0.6 is 0 Å². The van der Waals surface area contributed by atoms with Crippen molar-refractivity contribution in [3.05, 3.63) is 29.8 Å². The van der Waals surface area contributed by atoms with E-state index in [1.165, 1.54) is 12.1 Å². The van der Waals surface area contributed by atoms with Crippen molar-refractivity contribution < 1.29 is 23.9 Å². The van der Waals surface area contributed by atoms with E-state index in [2.05, 4.69) is 10.6 Å². The van der Waals surface area contributed by atoms with Crippen LogP contribution < -0.4 is 10.6 Å². The number of ether oxygens (including phenoxy) is 2. The van der Waals surface area contributed by atoms with Gasteiger partial charge in [0.05, 0.1) is 5.56 Å². The number of anilines is 1. The van der Waals surface area contributed by atoms with Crippen molar-refractivity contribution in [3.8, 4) is 0 Å². The van der Waals surface area contributed by atoms with E-state index in [0.717, 1.165) is 12.8 Å². The fraction of sp³-hybridized carbons (Fsp3) is 0.526. The van der Waals surface area contributed by atoms with Crippen molar-refractivity contribution >= 4 is 23.7 Å². The van der Waals surface area contributed by atoms with Gasteiger partial charge in [-0.3, -0.25) is 10.1 Å². The number of amides is 2. The largest absolute Gasteiger partial charge is 0.452 e. The minimum Gasteiger partial charge on any atom is -0.452 e. The van der Waals surface area contributed by atoms with Crippen molar-refractivity contribution in [1.82, 2.24) is 5.32 Å². The van der Waals surface area contributed by atoms with E-state index < -0.39 is 17.7 Å². The molecule has 0 aliphatic heterocycles. The van der Waals surface area contributed by atoms with Gasteiger partial charge in [0.2, 0.25) is 0 Å². The van der Waals surface area contributed by atoms with Gasteiger partial charge in [-0.15, -0.1) is 0 Å². The Morgan fingerprint density at radius 3 is 2.27 bits per heavy atom. The maximum Gasteiger partial charge on any atom is 0.412 e. The molecule has 0 radical (unpaired) electrons. The number of hydrogen-bond donors (Lipinski definition) is 2. The lowest BCUT2D eigenvalue weighted by atomic mass is 10.2. The van der Waals surface area contributed by atoms with Crippen LogP contribution in [-0.2, 0) is 14.3 Å². The lowest BCUT2D eigenvalue weighted by Crippen LogP contribution is -2.35. The molecule has 0 aromatic heterocycles. The Morgan fingerprint density at radius 1 is 1.12 bits per heavy atom. The first-order chi connectivity index (χ1) is 12.1. The lowest BCUT2D eigenvalue weighted by Gasteiger charge is -2.19. The SMILES string of the molecule is CCC[C@H](C)NC(=O)COC(=O)c1ccc(NC(=O)OC(C)(C)C)cc1.